The van der Waals surface area contributed by atoms with Gasteiger partial charge in [-0.05, 0) is 43.3 Å². The highest BCUT2D eigenvalue weighted by Gasteiger charge is 2.26. The van der Waals surface area contributed by atoms with Gasteiger partial charge in [-0.25, -0.2) is 0 Å². The van der Waals surface area contributed by atoms with Gasteiger partial charge in [-0.15, -0.1) is 0 Å². The van der Waals surface area contributed by atoms with Gasteiger partial charge in [-0.3, -0.25) is 4.79 Å². The van der Waals surface area contributed by atoms with E-state index in [1.807, 2.05) is 0 Å². The van der Waals surface area contributed by atoms with Crippen molar-refractivity contribution in [3.8, 4) is 0 Å². The molecule has 1 aromatic rings. The zero-order chi connectivity index (χ0) is 13.7. The molecule has 3 nitrogen and oxygen atoms in total. The summed E-state index contributed by atoms with van der Waals surface area (Å²) < 4.78 is 0. The average Bonchev–Trinajstić information content (AvgIpc) is 2.39. The predicted molar refractivity (Wildman–Crippen MR) is 76.3 cm³/mol. The monoisotopic (exact) mass is 261 g/mol. The molecule has 1 heterocycles. The lowest BCUT2D eigenvalue weighted by Crippen LogP contribution is -2.39. The molecule has 1 aliphatic heterocycles. The van der Waals surface area contributed by atoms with Gasteiger partial charge < -0.3 is 10.0 Å². The molecule has 2 rings (SSSR count). The van der Waals surface area contributed by atoms with Crippen LogP contribution in [0.25, 0.3) is 0 Å². The number of nitrogens with zero attached hydrogens (tertiary/aromatic N) is 1. The van der Waals surface area contributed by atoms with Gasteiger partial charge in [0.2, 0.25) is 0 Å². The van der Waals surface area contributed by atoms with Crippen LogP contribution in [0.4, 0.5) is 0 Å². The first-order valence-electron chi connectivity index (χ1n) is 7.16. The Morgan fingerprint density at radius 1 is 1.37 bits per heavy atom. The number of hydrogen-bond acceptors (Lipinski definition) is 2. The van der Waals surface area contributed by atoms with E-state index >= 15 is 0 Å². The predicted octanol–water partition coefficient (Wildman–Crippen LogP) is 2.98. The zero-order valence-corrected chi connectivity index (χ0v) is 11.6. The number of likely N-dealkylation sites (tertiary alicyclic amines) is 1. The molecular formula is C16H23NO2. The molecule has 1 aliphatic rings. The fraction of sp³-hybridized carbons (Fsp3) is 0.562. The Hall–Kier alpha value is -1.35. The molecule has 0 radical (unpaired) electrons. The number of benzene rings is 1. The summed E-state index contributed by atoms with van der Waals surface area (Å²) in [5.74, 6) is 0.602. The van der Waals surface area contributed by atoms with Crippen LogP contribution in [0.1, 0.15) is 37.7 Å². The maximum atomic E-state index is 10.5. The first kappa shape index (κ1) is 14.1. The minimum absolute atomic E-state index is 0.285. The van der Waals surface area contributed by atoms with E-state index in [2.05, 4.69) is 42.2 Å². The molecule has 0 unspecified atom stereocenters. The lowest BCUT2D eigenvalue weighted by molar-refractivity contribution is -0.137. The highest BCUT2D eigenvalue weighted by atomic mass is 16.4. The van der Waals surface area contributed by atoms with E-state index in [1.165, 1.54) is 12.0 Å². The summed E-state index contributed by atoms with van der Waals surface area (Å²) in [5.41, 5.74) is 1.44. The van der Waals surface area contributed by atoms with Crippen LogP contribution in [0.3, 0.4) is 0 Å². The van der Waals surface area contributed by atoms with Crippen LogP contribution in [0, 0.1) is 5.92 Å². The van der Waals surface area contributed by atoms with Gasteiger partial charge in [0, 0.05) is 13.0 Å². The Morgan fingerprint density at radius 2 is 2.11 bits per heavy atom. The van der Waals surface area contributed by atoms with Crippen LogP contribution in [0.15, 0.2) is 30.3 Å². The molecule has 0 bridgehead atoms. The molecule has 1 saturated heterocycles. The first-order chi connectivity index (χ1) is 9.16. The molecule has 104 valence electrons. The summed E-state index contributed by atoms with van der Waals surface area (Å²) in [6.45, 7) is 5.39. The Bertz CT molecular complexity index is 404. The Balaban J connectivity index is 1.83. The topological polar surface area (TPSA) is 40.5 Å². The number of carbonyl (C=O) groups is 1. The third-order valence-electron chi connectivity index (χ3n) is 4.08. The minimum Gasteiger partial charge on any atom is -0.481 e. The van der Waals surface area contributed by atoms with Gasteiger partial charge in [-0.2, -0.15) is 0 Å². The minimum atomic E-state index is -0.688. The highest BCUT2D eigenvalue weighted by Crippen LogP contribution is 2.32. The summed E-state index contributed by atoms with van der Waals surface area (Å²) in [6, 6.07) is 10.7. The van der Waals surface area contributed by atoms with E-state index in [9.17, 15) is 4.79 Å². The van der Waals surface area contributed by atoms with Crippen molar-refractivity contribution in [2.75, 3.05) is 19.6 Å². The maximum Gasteiger partial charge on any atom is 0.303 e. The lowest BCUT2D eigenvalue weighted by atomic mass is 9.81. The van der Waals surface area contributed by atoms with Crippen LogP contribution < -0.4 is 0 Å². The molecule has 1 aromatic carbocycles. The second kappa shape index (κ2) is 6.71. The summed E-state index contributed by atoms with van der Waals surface area (Å²) in [6.07, 6.45) is 2.23. The number of hydrogen-bond donors (Lipinski definition) is 1. The summed E-state index contributed by atoms with van der Waals surface area (Å²) in [5, 5.41) is 8.67. The number of carboxylic acids is 1. The van der Waals surface area contributed by atoms with Crippen LogP contribution in [-0.4, -0.2) is 35.6 Å². The van der Waals surface area contributed by atoms with Crippen molar-refractivity contribution >= 4 is 5.97 Å². The Labute approximate surface area is 115 Å². The number of aliphatic carboxylic acids is 1. The van der Waals surface area contributed by atoms with Crippen molar-refractivity contribution < 1.29 is 9.90 Å². The summed E-state index contributed by atoms with van der Waals surface area (Å²) >= 11 is 0. The van der Waals surface area contributed by atoms with Crippen molar-refractivity contribution in [3.63, 3.8) is 0 Å². The summed E-state index contributed by atoms with van der Waals surface area (Å²) in [4.78, 5) is 12.9. The molecule has 0 aromatic heterocycles. The van der Waals surface area contributed by atoms with Gasteiger partial charge in [0.15, 0.2) is 0 Å². The van der Waals surface area contributed by atoms with Gasteiger partial charge in [0.05, 0.1) is 0 Å². The highest BCUT2D eigenvalue weighted by molar-refractivity contribution is 5.66. The molecule has 0 spiro atoms. The standard InChI is InChI=1S/C16H23NO2/c1-13-12-17(10-5-8-16(18)19)11-9-15(13)14-6-3-2-4-7-14/h2-4,6-7,13,15H,5,8-12H2,1H3,(H,18,19)/t13-,15+/m0/s1. The van der Waals surface area contributed by atoms with Crippen LogP contribution in [-0.2, 0) is 4.79 Å². The van der Waals surface area contributed by atoms with Gasteiger partial charge in [-0.1, -0.05) is 37.3 Å². The van der Waals surface area contributed by atoms with Crippen LogP contribution >= 0.6 is 0 Å². The maximum absolute atomic E-state index is 10.5. The first-order valence-corrected chi connectivity index (χ1v) is 7.16. The van der Waals surface area contributed by atoms with E-state index < -0.39 is 5.97 Å². The van der Waals surface area contributed by atoms with Crippen molar-refractivity contribution in [1.82, 2.24) is 4.90 Å². The van der Waals surface area contributed by atoms with E-state index in [0.717, 1.165) is 26.1 Å². The largest absolute Gasteiger partial charge is 0.481 e. The second-order valence-electron chi connectivity index (χ2n) is 5.58. The van der Waals surface area contributed by atoms with Crippen molar-refractivity contribution in [2.45, 2.75) is 32.1 Å². The molecule has 3 heteroatoms. The van der Waals surface area contributed by atoms with E-state index in [4.69, 9.17) is 5.11 Å². The molecule has 0 aliphatic carbocycles. The van der Waals surface area contributed by atoms with Crippen molar-refractivity contribution in [1.29, 1.82) is 0 Å². The van der Waals surface area contributed by atoms with Crippen molar-refractivity contribution in [2.24, 2.45) is 5.92 Å². The third-order valence-corrected chi connectivity index (χ3v) is 4.08. The molecular weight excluding hydrogens is 238 g/mol. The quantitative estimate of drug-likeness (QED) is 0.886. The van der Waals surface area contributed by atoms with E-state index in [0.29, 0.717) is 11.8 Å². The normalized spacial score (nSPS) is 24.3. The lowest BCUT2D eigenvalue weighted by Gasteiger charge is -2.37. The van der Waals surface area contributed by atoms with E-state index in [1.54, 1.807) is 0 Å². The molecule has 19 heavy (non-hydrogen) atoms. The second-order valence-corrected chi connectivity index (χ2v) is 5.58. The molecule has 1 N–H and O–H groups in total. The smallest absolute Gasteiger partial charge is 0.303 e. The van der Waals surface area contributed by atoms with Gasteiger partial charge >= 0.3 is 5.97 Å². The third kappa shape index (κ3) is 4.06. The molecule has 1 fully saturated rings. The fourth-order valence-electron chi connectivity index (χ4n) is 3.08. The molecule has 2 atom stereocenters. The van der Waals surface area contributed by atoms with E-state index in [-0.39, 0.29) is 6.42 Å². The van der Waals surface area contributed by atoms with Crippen molar-refractivity contribution in [3.05, 3.63) is 35.9 Å². The summed E-state index contributed by atoms with van der Waals surface area (Å²) in [7, 11) is 0. The zero-order valence-electron chi connectivity index (χ0n) is 11.6. The Morgan fingerprint density at radius 3 is 2.74 bits per heavy atom. The van der Waals surface area contributed by atoms with Crippen LogP contribution in [0.2, 0.25) is 0 Å². The van der Waals surface area contributed by atoms with Gasteiger partial charge in [0.1, 0.15) is 0 Å². The van der Waals surface area contributed by atoms with Gasteiger partial charge in [0.25, 0.3) is 0 Å². The molecule has 0 amide bonds. The fourth-order valence-corrected chi connectivity index (χ4v) is 3.08. The number of carboxylic acid groups (broad SMARTS) is 1. The Kier molecular flexibility index (Phi) is 4.97. The SMILES string of the molecule is C[C@H]1CN(CCCC(=O)O)CC[C@H]1c1ccccc1. The van der Waals surface area contributed by atoms with Crippen LogP contribution in [0.5, 0.6) is 0 Å². The molecule has 0 saturated carbocycles. The average molecular weight is 261 g/mol. The number of piperidine rings is 1. The number of rotatable bonds is 5.